The van der Waals surface area contributed by atoms with Gasteiger partial charge in [0.2, 0.25) is 0 Å². The standard InChI is InChI=1S/C16H23N3O3/c1-2-22-15(20)13-9-12(10-17-13)18-16(21)19-8-4-7-14(19)11-5-3-6-11/h9-11,14,17H,2-8H2,1H3,(H,18,21). The summed E-state index contributed by atoms with van der Waals surface area (Å²) in [5.41, 5.74) is 0.960. The summed E-state index contributed by atoms with van der Waals surface area (Å²) in [6, 6.07) is 1.94. The minimum atomic E-state index is -0.406. The molecule has 2 N–H and O–H groups in total. The summed E-state index contributed by atoms with van der Waals surface area (Å²) in [5, 5.41) is 2.88. The third kappa shape index (κ3) is 2.96. The average Bonchev–Trinajstić information content (AvgIpc) is 3.06. The van der Waals surface area contributed by atoms with Crippen LogP contribution in [0.2, 0.25) is 0 Å². The van der Waals surface area contributed by atoms with Crippen LogP contribution in [-0.4, -0.2) is 41.1 Å². The van der Waals surface area contributed by atoms with Crippen LogP contribution in [0.1, 0.15) is 49.5 Å². The summed E-state index contributed by atoms with van der Waals surface area (Å²) in [6.07, 6.45) is 7.59. The highest BCUT2D eigenvalue weighted by Crippen LogP contribution is 2.37. The van der Waals surface area contributed by atoms with Gasteiger partial charge in [0.25, 0.3) is 0 Å². The fourth-order valence-corrected chi connectivity index (χ4v) is 3.35. The molecule has 1 aliphatic carbocycles. The van der Waals surface area contributed by atoms with Crippen LogP contribution in [0.3, 0.4) is 0 Å². The number of esters is 1. The summed E-state index contributed by atoms with van der Waals surface area (Å²) in [4.78, 5) is 28.9. The molecule has 1 aromatic heterocycles. The monoisotopic (exact) mass is 305 g/mol. The zero-order chi connectivity index (χ0) is 15.5. The van der Waals surface area contributed by atoms with Crippen LogP contribution in [0.15, 0.2) is 12.3 Å². The number of aromatic nitrogens is 1. The van der Waals surface area contributed by atoms with Crippen LogP contribution >= 0.6 is 0 Å². The Morgan fingerprint density at radius 3 is 2.86 bits per heavy atom. The van der Waals surface area contributed by atoms with E-state index < -0.39 is 5.97 Å². The first-order valence-electron chi connectivity index (χ1n) is 8.12. The summed E-state index contributed by atoms with van der Waals surface area (Å²) in [5.74, 6) is 0.270. The van der Waals surface area contributed by atoms with Gasteiger partial charge in [0.05, 0.1) is 12.3 Å². The van der Waals surface area contributed by atoms with Gasteiger partial charge in [0, 0.05) is 18.8 Å². The number of hydrogen-bond acceptors (Lipinski definition) is 3. The van der Waals surface area contributed by atoms with Crippen molar-refractivity contribution in [3.05, 3.63) is 18.0 Å². The summed E-state index contributed by atoms with van der Waals surface area (Å²) >= 11 is 0. The number of anilines is 1. The fraction of sp³-hybridized carbons (Fsp3) is 0.625. The molecule has 2 aliphatic rings. The Bertz CT molecular complexity index is 551. The van der Waals surface area contributed by atoms with E-state index in [1.54, 1.807) is 19.2 Å². The Hall–Kier alpha value is -1.98. The van der Waals surface area contributed by atoms with Gasteiger partial charge in [-0.15, -0.1) is 0 Å². The molecule has 0 aromatic carbocycles. The second-order valence-corrected chi connectivity index (χ2v) is 6.05. The van der Waals surface area contributed by atoms with Gasteiger partial charge in [-0.05, 0) is 44.6 Å². The lowest BCUT2D eigenvalue weighted by molar-refractivity contribution is 0.0520. The van der Waals surface area contributed by atoms with Gasteiger partial charge in [0.15, 0.2) is 0 Å². The highest BCUT2D eigenvalue weighted by molar-refractivity contribution is 5.93. The number of rotatable bonds is 4. The molecule has 1 aliphatic heterocycles. The Labute approximate surface area is 130 Å². The number of amides is 2. The molecular weight excluding hydrogens is 282 g/mol. The van der Waals surface area contributed by atoms with Crippen LogP contribution in [-0.2, 0) is 4.74 Å². The molecule has 0 radical (unpaired) electrons. The molecule has 6 heteroatoms. The van der Waals surface area contributed by atoms with Crippen molar-refractivity contribution in [2.75, 3.05) is 18.5 Å². The minimum Gasteiger partial charge on any atom is -0.461 e. The van der Waals surface area contributed by atoms with Gasteiger partial charge in [-0.2, -0.15) is 0 Å². The number of aromatic amines is 1. The Morgan fingerprint density at radius 2 is 2.18 bits per heavy atom. The third-order valence-electron chi connectivity index (χ3n) is 4.68. The predicted molar refractivity (Wildman–Crippen MR) is 82.8 cm³/mol. The van der Waals surface area contributed by atoms with Crippen molar-refractivity contribution in [3.63, 3.8) is 0 Å². The van der Waals surface area contributed by atoms with E-state index in [0.717, 1.165) is 19.4 Å². The topological polar surface area (TPSA) is 74.4 Å². The Kier molecular flexibility index (Phi) is 4.36. The minimum absolute atomic E-state index is 0.0659. The first-order valence-corrected chi connectivity index (χ1v) is 8.12. The molecule has 0 bridgehead atoms. The summed E-state index contributed by atoms with van der Waals surface area (Å²) < 4.78 is 4.92. The lowest BCUT2D eigenvalue weighted by Gasteiger charge is -2.36. The van der Waals surface area contributed by atoms with E-state index in [4.69, 9.17) is 4.74 Å². The van der Waals surface area contributed by atoms with Gasteiger partial charge in [-0.25, -0.2) is 9.59 Å². The van der Waals surface area contributed by atoms with E-state index in [1.807, 2.05) is 4.90 Å². The largest absolute Gasteiger partial charge is 0.461 e. The van der Waals surface area contributed by atoms with Gasteiger partial charge in [-0.1, -0.05) is 6.42 Å². The Morgan fingerprint density at radius 1 is 1.36 bits per heavy atom. The molecule has 1 unspecified atom stereocenters. The first-order chi connectivity index (χ1) is 10.7. The van der Waals surface area contributed by atoms with Crippen molar-refractivity contribution in [1.82, 2.24) is 9.88 Å². The first kappa shape index (κ1) is 14.9. The number of carbonyl (C=O) groups excluding carboxylic acids is 2. The fourth-order valence-electron chi connectivity index (χ4n) is 3.35. The number of H-pyrrole nitrogens is 1. The van der Waals surface area contributed by atoms with E-state index in [-0.39, 0.29) is 6.03 Å². The molecule has 3 rings (SSSR count). The zero-order valence-corrected chi connectivity index (χ0v) is 12.9. The molecule has 6 nitrogen and oxygen atoms in total. The van der Waals surface area contributed by atoms with E-state index in [0.29, 0.717) is 29.9 Å². The van der Waals surface area contributed by atoms with Crippen LogP contribution in [0.25, 0.3) is 0 Å². The number of ether oxygens (including phenoxy) is 1. The molecule has 1 aromatic rings. The number of urea groups is 1. The molecule has 2 amide bonds. The second-order valence-electron chi connectivity index (χ2n) is 6.05. The number of nitrogens with one attached hydrogen (secondary N) is 2. The average molecular weight is 305 g/mol. The van der Waals surface area contributed by atoms with E-state index in [9.17, 15) is 9.59 Å². The number of carbonyl (C=O) groups is 2. The maximum atomic E-state index is 12.5. The SMILES string of the molecule is CCOC(=O)c1cc(NC(=O)N2CCCC2C2CCC2)c[nH]1. The van der Waals surface area contributed by atoms with Gasteiger partial charge < -0.3 is 19.9 Å². The van der Waals surface area contributed by atoms with Crippen LogP contribution in [0, 0.1) is 5.92 Å². The summed E-state index contributed by atoms with van der Waals surface area (Å²) in [7, 11) is 0. The highest BCUT2D eigenvalue weighted by Gasteiger charge is 2.37. The maximum Gasteiger partial charge on any atom is 0.354 e. The maximum absolute atomic E-state index is 12.5. The van der Waals surface area contributed by atoms with E-state index >= 15 is 0 Å². The third-order valence-corrected chi connectivity index (χ3v) is 4.68. The Balaban J connectivity index is 1.60. The van der Waals surface area contributed by atoms with Crippen molar-refractivity contribution < 1.29 is 14.3 Å². The van der Waals surface area contributed by atoms with Gasteiger partial charge in [0.1, 0.15) is 5.69 Å². The van der Waals surface area contributed by atoms with Crippen LogP contribution in [0.5, 0.6) is 0 Å². The number of nitrogens with zero attached hydrogens (tertiary/aromatic N) is 1. The molecule has 2 heterocycles. The van der Waals surface area contributed by atoms with Crippen molar-refractivity contribution in [2.45, 2.75) is 45.1 Å². The van der Waals surface area contributed by atoms with Crippen molar-refractivity contribution in [2.24, 2.45) is 5.92 Å². The van der Waals surface area contributed by atoms with Crippen molar-refractivity contribution >= 4 is 17.7 Å². The van der Waals surface area contributed by atoms with Crippen molar-refractivity contribution in [1.29, 1.82) is 0 Å². The lowest BCUT2D eigenvalue weighted by Crippen LogP contribution is -2.44. The molecule has 1 saturated carbocycles. The van der Waals surface area contributed by atoms with Crippen LogP contribution in [0.4, 0.5) is 10.5 Å². The predicted octanol–water partition coefficient (Wildman–Crippen LogP) is 2.99. The smallest absolute Gasteiger partial charge is 0.354 e. The molecule has 120 valence electrons. The quantitative estimate of drug-likeness (QED) is 0.840. The highest BCUT2D eigenvalue weighted by atomic mass is 16.5. The molecule has 22 heavy (non-hydrogen) atoms. The van der Waals surface area contributed by atoms with Gasteiger partial charge in [-0.3, -0.25) is 0 Å². The lowest BCUT2D eigenvalue weighted by atomic mass is 9.79. The van der Waals surface area contributed by atoms with Crippen LogP contribution < -0.4 is 5.32 Å². The zero-order valence-electron chi connectivity index (χ0n) is 12.9. The van der Waals surface area contributed by atoms with E-state index in [2.05, 4.69) is 10.3 Å². The molecule has 1 atom stereocenters. The van der Waals surface area contributed by atoms with Gasteiger partial charge >= 0.3 is 12.0 Å². The number of likely N-dealkylation sites (tertiary alicyclic amines) is 1. The molecule has 0 spiro atoms. The molecule has 1 saturated heterocycles. The summed E-state index contributed by atoms with van der Waals surface area (Å²) in [6.45, 7) is 2.91. The normalized spacial score (nSPS) is 21.5. The number of hydrogen-bond donors (Lipinski definition) is 2. The van der Waals surface area contributed by atoms with Crippen molar-refractivity contribution in [3.8, 4) is 0 Å². The molecule has 2 fully saturated rings. The van der Waals surface area contributed by atoms with E-state index in [1.165, 1.54) is 19.3 Å². The molecular formula is C16H23N3O3. The second kappa shape index (κ2) is 6.42.